The highest BCUT2D eigenvalue weighted by molar-refractivity contribution is 6.16. The molecule has 0 spiro atoms. The third kappa shape index (κ3) is 2.56. The van der Waals surface area contributed by atoms with Crippen LogP contribution < -0.4 is 0 Å². The summed E-state index contributed by atoms with van der Waals surface area (Å²) in [4.78, 5) is 12.7. The van der Waals surface area contributed by atoms with Gasteiger partial charge in [0.1, 0.15) is 5.75 Å². The number of carbonyl (C=O) groups is 1. The van der Waals surface area contributed by atoms with Crippen LogP contribution in [0.5, 0.6) is 5.75 Å². The van der Waals surface area contributed by atoms with E-state index >= 15 is 0 Å². The molecule has 4 rings (SSSR count). The van der Waals surface area contributed by atoms with Gasteiger partial charge in [-0.25, -0.2) is 4.79 Å². The Morgan fingerprint density at radius 2 is 1.67 bits per heavy atom. The Bertz CT molecular complexity index is 1190. The monoisotopic (exact) mass is 359 g/mol. The number of hydrogen-bond acceptors (Lipinski definition) is 3. The Hall–Kier alpha value is -3.27. The van der Waals surface area contributed by atoms with Crippen molar-refractivity contribution in [2.24, 2.45) is 0 Å². The quantitative estimate of drug-likeness (QED) is 0.506. The Balaban J connectivity index is 2.23. The fourth-order valence-corrected chi connectivity index (χ4v) is 3.82. The normalized spacial score (nSPS) is 11.2. The number of aromatic hydroxyl groups is 1. The van der Waals surface area contributed by atoms with Crippen molar-refractivity contribution in [3.05, 3.63) is 71.4 Å². The van der Waals surface area contributed by atoms with Crippen LogP contribution in [-0.2, 0) is 4.74 Å². The molecule has 4 aromatic rings. The van der Waals surface area contributed by atoms with Crippen LogP contribution in [0.1, 0.15) is 28.5 Å². The van der Waals surface area contributed by atoms with E-state index < -0.39 is 0 Å². The van der Waals surface area contributed by atoms with Gasteiger partial charge in [0, 0.05) is 27.5 Å². The molecule has 136 valence electrons. The summed E-state index contributed by atoms with van der Waals surface area (Å²) in [7, 11) is 0. The molecule has 1 N–H and O–H groups in total. The summed E-state index contributed by atoms with van der Waals surface area (Å²) in [6.45, 7) is 6.06. The third-order valence-electron chi connectivity index (χ3n) is 5.02. The molecule has 0 fully saturated rings. The van der Waals surface area contributed by atoms with E-state index in [1.54, 1.807) is 13.0 Å². The predicted molar refractivity (Wildman–Crippen MR) is 108 cm³/mol. The van der Waals surface area contributed by atoms with Crippen LogP contribution in [0.25, 0.3) is 27.4 Å². The van der Waals surface area contributed by atoms with Gasteiger partial charge in [-0.05, 0) is 38.5 Å². The first kappa shape index (κ1) is 17.2. The molecular formula is C23H21NO3. The van der Waals surface area contributed by atoms with Crippen molar-refractivity contribution in [1.29, 1.82) is 0 Å². The standard InChI is InChI=1S/C23H21NO3/c1-4-27-23(26)21-15(3)24(19-12-8-5-9-14(19)2)22-17-11-7-6-10-16(17)20(25)13-18(21)22/h5-13,25H,4H2,1-3H3. The van der Waals surface area contributed by atoms with Gasteiger partial charge in [0.15, 0.2) is 0 Å². The summed E-state index contributed by atoms with van der Waals surface area (Å²) < 4.78 is 7.41. The molecule has 0 bridgehead atoms. The van der Waals surface area contributed by atoms with E-state index in [9.17, 15) is 9.90 Å². The number of hydrogen-bond donors (Lipinski definition) is 1. The van der Waals surface area contributed by atoms with Crippen molar-refractivity contribution in [3.63, 3.8) is 0 Å². The molecule has 0 aliphatic heterocycles. The fourth-order valence-electron chi connectivity index (χ4n) is 3.82. The maximum absolute atomic E-state index is 12.7. The van der Waals surface area contributed by atoms with Crippen LogP contribution in [-0.4, -0.2) is 22.2 Å². The Morgan fingerprint density at radius 3 is 2.37 bits per heavy atom. The first-order valence-electron chi connectivity index (χ1n) is 9.03. The molecular weight excluding hydrogens is 338 g/mol. The molecule has 0 saturated heterocycles. The second-order valence-corrected chi connectivity index (χ2v) is 6.64. The van der Waals surface area contributed by atoms with Crippen LogP contribution in [0.15, 0.2) is 54.6 Å². The summed E-state index contributed by atoms with van der Waals surface area (Å²) in [5.41, 5.74) is 4.30. The number of phenols is 1. The third-order valence-corrected chi connectivity index (χ3v) is 5.02. The smallest absolute Gasteiger partial charge is 0.340 e. The van der Waals surface area contributed by atoms with Crippen LogP contribution >= 0.6 is 0 Å². The van der Waals surface area contributed by atoms with E-state index in [0.29, 0.717) is 17.6 Å². The first-order chi connectivity index (χ1) is 13.0. The topological polar surface area (TPSA) is 51.5 Å². The van der Waals surface area contributed by atoms with Gasteiger partial charge in [-0.15, -0.1) is 0 Å². The molecule has 4 heteroatoms. The molecule has 0 radical (unpaired) electrons. The fraction of sp³-hybridized carbons (Fsp3) is 0.174. The lowest BCUT2D eigenvalue weighted by atomic mass is 10.0. The molecule has 27 heavy (non-hydrogen) atoms. The van der Waals surface area contributed by atoms with Crippen LogP contribution in [0, 0.1) is 13.8 Å². The summed E-state index contributed by atoms with van der Waals surface area (Å²) in [6.07, 6.45) is 0. The van der Waals surface area contributed by atoms with Gasteiger partial charge in [0.25, 0.3) is 0 Å². The molecule has 0 unspecified atom stereocenters. The van der Waals surface area contributed by atoms with Gasteiger partial charge >= 0.3 is 5.97 Å². The van der Waals surface area contributed by atoms with Crippen LogP contribution in [0.3, 0.4) is 0 Å². The summed E-state index contributed by atoms with van der Waals surface area (Å²) in [6, 6.07) is 17.4. The molecule has 0 saturated carbocycles. The van der Waals surface area contributed by atoms with Crippen molar-refractivity contribution in [2.75, 3.05) is 6.61 Å². The van der Waals surface area contributed by atoms with E-state index in [2.05, 4.69) is 4.57 Å². The number of aromatic nitrogens is 1. The van der Waals surface area contributed by atoms with Crippen LogP contribution in [0.2, 0.25) is 0 Å². The maximum Gasteiger partial charge on any atom is 0.340 e. The zero-order chi connectivity index (χ0) is 19.1. The number of carbonyl (C=O) groups excluding carboxylic acids is 1. The minimum absolute atomic E-state index is 0.158. The van der Waals surface area contributed by atoms with Crippen molar-refractivity contribution in [3.8, 4) is 11.4 Å². The molecule has 0 atom stereocenters. The van der Waals surface area contributed by atoms with Crippen molar-refractivity contribution in [1.82, 2.24) is 4.57 Å². The SMILES string of the molecule is CCOC(=O)c1c(C)n(-c2ccccc2C)c2c1cc(O)c1ccccc12. The lowest BCUT2D eigenvalue weighted by Crippen LogP contribution is -2.07. The van der Waals surface area contributed by atoms with Crippen molar-refractivity contribution >= 4 is 27.6 Å². The van der Waals surface area contributed by atoms with Gasteiger partial charge < -0.3 is 14.4 Å². The highest BCUT2D eigenvalue weighted by atomic mass is 16.5. The van der Waals surface area contributed by atoms with Gasteiger partial charge in [-0.3, -0.25) is 0 Å². The van der Waals surface area contributed by atoms with E-state index in [0.717, 1.165) is 33.2 Å². The highest BCUT2D eigenvalue weighted by Crippen LogP contribution is 2.39. The van der Waals surface area contributed by atoms with E-state index in [-0.39, 0.29) is 11.7 Å². The molecule has 1 aromatic heterocycles. The second kappa shape index (κ2) is 6.47. The number of fused-ring (bicyclic) bond motifs is 3. The molecule has 0 aliphatic carbocycles. The number of para-hydroxylation sites is 1. The number of benzene rings is 3. The zero-order valence-corrected chi connectivity index (χ0v) is 15.6. The number of esters is 1. The van der Waals surface area contributed by atoms with Crippen molar-refractivity contribution in [2.45, 2.75) is 20.8 Å². The van der Waals surface area contributed by atoms with Gasteiger partial charge in [-0.2, -0.15) is 0 Å². The minimum Gasteiger partial charge on any atom is -0.507 e. The predicted octanol–water partition coefficient (Wildman–Crippen LogP) is 5.28. The largest absolute Gasteiger partial charge is 0.507 e. The second-order valence-electron chi connectivity index (χ2n) is 6.64. The summed E-state index contributed by atoms with van der Waals surface area (Å²) in [5.74, 6) is -0.215. The van der Waals surface area contributed by atoms with Crippen molar-refractivity contribution < 1.29 is 14.6 Å². The molecule has 1 heterocycles. The van der Waals surface area contributed by atoms with Gasteiger partial charge in [0.05, 0.1) is 17.7 Å². The molecule has 4 nitrogen and oxygen atoms in total. The maximum atomic E-state index is 12.7. The first-order valence-corrected chi connectivity index (χ1v) is 9.03. The van der Waals surface area contributed by atoms with Gasteiger partial charge in [-0.1, -0.05) is 42.5 Å². The Kier molecular flexibility index (Phi) is 4.11. The zero-order valence-electron chi connectivity index (χ0n) is 15.6. The summed E-state index contributed by atoms with van der Waals surface area (Å²) in [5, 5.41) is 12.9. The number of phenolic OH excluding ortho intramolecular Hbond substituents is 1. The number of aryl methyl sites for hydroxylation is 1. The molecule has 0 amide bonds. The molecule has 0 aliphatic rings. The summed E-state index contributed by atoms with van der Waals surface area (Å²) >= 11 is 0. The number of nitrogens with zero attached hydrogens (tertiary/aromatic N) is 1. The Morgan fingerprint density at radius 1 is 1.00 bits per heavy atom. The minimum atomic E-state index is -0.373. The number of ether oxygens (including phenoxy) is 1. The van der Waals surface area contributed by atoms with E-state index in [1.165, 1.54) is 0 Å². The highest BCUT2D eigenvalue weighted by Gasteiger charge is 2.24. The van der Waals surface area contributed by atoms with Gasteiger partial charge in [0.2, 0.25) is 0 Å². The lowest BCUT2D eigenvalue weighted by molar-refractivity contribution is 0.0527. The average molecular weight is 359 g/mol. The van der Waals surface area contributed by atoms with E-state index in [4.69, 9.17) is 4.74 Å². The molecule has 3 aromatic carbocycles. The Labute approximate surface area is 157 Å². The number of rotatable bonds is 3. The van der Waals surface area contributed by atoms with E-state index in [1.807, 2.05) is 62.4 Å². The van der Waals surface area contributed by atoms with Crippen LogP contribution in [0.4, 0.5) is 0 Å². The lowest BCUT2D eigenvalue weighted by Gasteiger charge is -2.13. The average Bonchev–Trinajstić information content (AvgIpc) is 2.94.